The lowest BCUT2D eigenvalue weighted by atomic mass is 10.0. The van der Waals surface area contributed by atoms with Gasteiger partial charge in [0, 0.05) is 11.6 Å². The summed E-state index contributed by atoms with van der Waals surface area (Å²) < 4.78 is 21.1. The number of nitrogens with one attached hydrogen (secondary N) is 1. The summed E-state index contributed by atoms with van der Waals surface area (Å²) in [7, 11) is 1.62. The molecule has 2 aromatic carbocycles. The molecule has 2 heterocycles. The van der Waals surface area contributed by atoms with Crippen LogP contribution in [0.25, 0.3) is 16.6 Å². The predicted molar refractivity (Wildman–Crippen MR) is 125 cm³/mol. The minimum absolute atomic E-state index is 0.169. The number of aromatic nitrogens is 3. The van der Waals surface area contributed by atoms with E-state index in [1.54, 1.807) is 42.5 Å². The van der Waals surface area contributed by atoms with E-state index in [-0.39, 0.29) is 17.8 Å². The van der Waals surface area contributed by atoms with Gasteiger partial charge in [-0.1, -0.05) is 19.4 Å². The van der Waals surface area contributed by atoms with Gasteiger partial charge in [-0.3, -0.25) is 9.78 Å². The van der Waals surface area contributed by atoms with E-state index in [2.05, 4.69) is 38.3 Å². The van der Waals surface area contributed by atoms with E-state index in [1.807, 2.05) is 18.2 Å². The average Bonchev–Trinajstić information content (AvgIpc) is 3.23. The molecule has 0 aliphatic rings. The topological polar surface area (TPSA) is 69.0 Å². The lowest BCUT2D eigenvalue weighted by Gasteiger charge is -2.20. The van der Waals surface area contributed by atoms with E-state index in [1.165, 1.54) is 12.1 Å². The Kier molecular flexibility index (Phi) is 6.50. The molecule has 6 nitrogen and oxygen atoms in total. The van der Waals surface area contributed by atoms with E-state index >= 15 is 0 Å². The highest BCUT2D eigenvalue weighted by molar-refractivity contribution is 9.10. The van der Waals surface area contributed by atoms with Crippen molar-refractivity contribution in [1.29, 1.82) is 0 Å². The van der Waals surface area contributed by atoms with Crippen LogP contribution < -0.4 is 10.1 Å². The Hall–Kier alpha value is -3.26. The van der Waals surface area contributed by atoms with Crippen molar-refractivity contribution in [1.82, 2.24) is 20.1 Å². The number of carbonyl (C=O) groups excluding carboxylic acids is 1. The van der Waals surface area contributed by atoms with Gasteiger partial charge in [0.15, 0.2) is 0 Å². The molecule has 2 aromatic heterocycles. The number of pyridine rings is 1. The third kappa shape index (κ3) is 4.36. The van der Waals surface area contributed by atoms with Crippen molar-refractivity contribution in [3.63, 3.8) is 0 Å². The van der Waals surface area contributed by atoms with Crippen molar-refractivity contribution in [3.05, 3.63) is 82.5 Å². The number of benzene rings is 2. The van der Waals surface area contributed by atoms with Crippen molar-refractivity contribution in [2.24, 2.45) is 0 Å². The molecular weight excluding hydrogens is 475 g/mol. The van der Waals surface area contributed by atoms with Crippen LogP contribution in [-0.4, -0.2) is 27.8 Å². The molecule has 0 aliphatic carbocycles. The number of hydrogen-bond acceptors (Lipinski definition) is 4. The van der Waals surface area contributed by atoms with Crippen LogP contribution in [0.2, 0.25) is 0 Å². The largest absolute Gasteiger partial charge is 0.496 e. The molecule has 0 spiro atoms. The summed E-state index contributed by atoms with van der Waals surface area (Å²) in [5.41, 5.74) is 2.77. The quantitative estimate of drug-likeness (QED) is 0.361. The minimum atomic E-state index is -0.324. The van der Waals surface area contributed by atoms with Crippen molar-refractivity contribution >= 4 is 32.7 Å². The Balaban J connectivity index is 1.65. The molecule has 0 bridgehead atoms. The van der Waals surface area contributed by atoms with Gasteiger partial charge in [-0.2, -0.15) is 5.10 Å². The van der Waals surface area contributed by atoms with Crippen molar-refractivity contribution < 1.29 is 13.9 Å². The molecule has 1 atom stereocenters. The lowest BCUT2D eigenvalue weighted by Crippen LogP contribution is -2.28. The van der Waals surface area contributed by atoms with Crippen LogP contribution in [0, 0.1) is 5.82 Å². The van der Waals surface area contributed by atoms with Gasteiger partial charge in [0.1, 0.15) is 11.6 Å². The molecule has 164 valence electrons. The molecule has 0 fully saturated rings. The minimum Gasteiger partial charge on any atom is -0.496 e. The summed E-state index contributed by atoms with van der Waals surface area (Å²) in [5, 5.41) is 8.21. The summed E-state index contributed by atoms with van der Waals surface area (Å²) >= 11 is 3.52. The molecular formula is C24H22BrFN4O2. The normalized spacial score (nSPS) is 12.0. The van der Waals surface area contributed by atoms with Crippen LogP contribution in [0.4, 0.5) is 4.39 Å². The number of nitrogens with zero attached hydrogens (tertiary/aromatic N) is 3. The van der Waals surface area contributed by atoms with Crippen LogP contribution in [0.15, 0.2) is 65.5 Å². The zero-order chi connectivity index (χ0) is 22.7. The second kappa shape index (κ2) is 9.48. The molecule has 4 aromatic rings. The third-order valence-corrected chi connectivity index (χ3v) is 5.89. The first kappa shape index (κ1) is 22.0. The maximum absolute atomic E-state index is 13.3. The van der Waals surface area contributed by atoms with Gasteiger partial charge < -0.3 is 10.1 Å². The van der Waals surface area contributed by atoms with E-state index in [4.69, 9.17) is 4.74 Å². The van der Waals surface area contributed by atoms with E-state index in [0.29, 0.717) is 22.2 Å². The van der Waals surface area contributed by atoms with Crippen LogP contribution in [0.1, 0.15) is 41.7 Å². The Morgan fingerprint density at radius 1 is 1.19 bits per heavy atom. The lowest BCUT2D eigenvalue weighted by molar-refractivity contribution is 0.0936. The van der Waals surface area contributed by atoms with Gasteiger partial charge in [-0.25, -0.2) is 9.07 Å². The summed E-state index contributed by atoms with van der Waals surface area (Å²) in [6.45, 7) is 2.08. The maximum atomic E-state index is 13.3. The second-order valence-corrected chi connectivity index (χ2v) is 8.22. The molecule has 1 amide bonds. The zero-order valence-corrected chi connectivity index (χ0v) is 19.3. The highest BCUT2D eigenvalue weighted by atomic mass is 79.9. The number of hydrogen-bond donors (Lipinski definition) is 1. The Morgan fingerprint density at radius 3 is 2.66 bits per heavy atom. The predicted octanol–water partition coefficient (Wildman–Crippen LogP) is 5.60. The first-order valence-corrected chi connectivity index (χ1v) is 11.0. The van der Waals surface area contributed by atoms with Crippen molar-refractivity contribution in [2.45, 2.75) is 25.8 Å². The van der Waals surface area contributed by atoms with Gasteiger partial charge in [0.25, 0.3) is 5.91 Å². The van der Waals surface area contributed by atoms with Crippen molar-refractivity contribution in [3.8, 4) is 11.4 Å². The molecule has 0 saturated carbocycles. The van der Waals surface area contributed by atoms with Gasteiger partial charge >= 0.3 is 0 Å². The van der Waals surface area contributed by atoms with Crippen LogP contribution in [-0.2, 0) is 0 Å². The Labute approximate surface area is 193 Å². The number of carbonyl (C=O) groups is 1. The number of methoxy groups -OCH3 is 1. The highest BCUT2D eigenvalue weighted by Crippen LogP contribution is 2.30. The average molecular weight is 497 g/mol. The zero-order valence-electron chi connectivity index (χ0n) is 17.7. The highest BCUT2D eigenvalue weighted by Gasteiger charge is 2.20. The van der Waals surface area contributed by atoms with Gasteiger partial charge in [-0.15, -0.1) is 0 Å². The van der Waals surface area contributed by atoms with Crippen LogP contribution >= 0.6 is 15.9 Å². The van der Waals surface area contributed by atoms with E-state index in [9.17, 15) is 9.18 Å². The molecule has 0 saturated heterocycles. The van der Waals surface area contributed by atoms with Gasteiger partial charge in [0.2, 0.25) is 0 Å². The van der Waals surface area contributed by atoms with E-state index in [0.717, 1.165) is 28.6 Å². The first-order chi connectivity index (χ1) is 15.5. The fourth-order valence-corrected chi connectivity index (χ4v) is 4.22. The summed E-state index contributed by atoms with van der Waals surface area (Å²) in [5.74, 6) is 0.181. The summed E-state index contributed by atoms with van der Waals surface area (Å²) in [4.78, 5) is 17.5. The molecule has 1 N–H and O–H groups in total. The van der Waals surface area contributed by atoms with Crippen LogP contribution in [0.3, 0.4) is 0 Å². The summed E-state index contributed by atoms with van der Waals surface area (Å²) in [6, 6.07) is 11.6. The summed E-state index contributed by atoms with van der Waals surface area (Å²) in [6.07, 6.45) is 6.50. The van der Waals surface area contributed by atoms with Gasteiger partial charge in [0.05, 0.1) is 46.8 Å². The number of halogens is 2. The third-order valence-electron chi connectivity index (χ3n) is 5.27. The smallest absolute Gasteiger partial charge is 0.254 e. The maximum Gasteiger partial charge on any atom is 0.254 e. The molecule has 32 heavy (non-hydrogen) atoms. The Bertz CT molecular complexity index is 1260. The standard InChI is InChI=1S/C24H22BrFN4O2/c1-3-4-21(15-5-10-23(32-2)20(25)11-15)29-24(31)19-12-27-14-22-18(19)13-28-30(22)17-8-6-16(26)7-9-17/h5-14,21H,3-4H2,1-2H3,(H,29,31)/t21-/m1/s1. The van der Waals surface area contributed by atoms with E-state index < -0.39 is 0 Å². The SMILES string of the molecule is CCC[C@@H](NC(=O)c1cncc2c1cnn2-c1ccc(F)cc1)c1ccc(OC)c(Br)c1. The molecule has 0 unspecified atom stereocenters. The fraction of sp³-hybridized carbons (Fsp3) is 0.208. The Morgan fingerprint density at radius 2 is 1.97 bits per heavy atom. The number of amides is 1. The van der Waals surface area contributed by atoms with Gasteiger partial charge in [-0.05, 0) is 64.3 Å². The molecule has 0 aliphatic heterocycles. The molecule has 0 radical (unpaired) electrons. The van der Waals surface area contributed by atoms with Crippen molar-refractivity contribution in [2.75, 3.05) is 7.11 Å². The fourth-order valence-electron chi connectivity index (χ4n) is 3.66. The van der Waals surface area contributed by atoms with Crippen LogP contribution in [0.5, 0.6) is 5.75 Å². The number of rotatable bonds is 7. The number of ether oxygens (including phenoxy) is 1. The number of fused-ring (bicyclic) bond motifs is 1. The molecule has 8 heteroatoms. The first-order valence-electron chi connectivity index (χ1n) is 10.2. The second-order valence-electron chi connectivity index (χ2n) is 7.36. The monoisotopic (exact) mass is 496 g/mol. The molecule has 4 rings (SSSR count).